The largest absolute Gasteiger partial charge is 0.481 e. The number of carbonyl (C=O) groups excluding carboxylic acids is 1. The molecule has 2 aromatic carbocycles. The van der Waals surface area contributed by atoms with E-state index < -0.39 is 5.97 Å². The molecule has 0 radical (unpaired) electrons. The summed E-state index contributed by atoms with van der Waals surface area (Å²) in [6, 6.07) is 14.4. The molecule has 4 heteroatoms. The highest BCUT2D eigenvalue weighted by Crippen LogP contribution is 2.26. The van der Waals surface area contributed by atoms with Crippen molar-refractivity contribution in [2.45, 2.75) is 32.6 Å². The van der Waals surface area contributed by atoms with E-state index in [1.54, 1.807) is 30.3 Å². The number of aliphatic carboxylic acids is 1. The average molecular weight is 311 g/mol. The number of anilines is 1. The van der Waals surface area contributed by atoms with Crippen molar-refractivity contribution in [3.63, 3.8) is 0 Å². The van der Waals surface area contributed by atoms with Crippen LogP contribution < -0.4 is 5.32 Å². The second-order valence-electron chi connectivity index (χ2n) is 6.52. The molecular weight excluding hydrogens is 290 g/mol. The Hall–Kier alpha value is -2.62. The van der Waals surface area contributed by atoms with Crippen LogP contribution in [0.2, 0.25) is 0 Å². The predicted octanol–water partition coefficient (Wildman–Crippen LogP) is 3.86. The Morgan fingerprint density at radius 3 is 2.39 bits per heavy atom. The summed E-state index contributed by atoms with van der Waals surface area (Å²) in [6.45, 7) is 6.19. The number of amides is 1. The minimum atomic E-state index is -0.897. The zero-order valence-corrected chi connectivity index (χ0v) is 13.6. The van der Waals surface area contributed by atoms with Crippen LogP contribution in [-0.4, -0.2) is 17.0 Å². The van der Waals surface area contributed by atoms with Gasteiger partial charge in [-0.05, 0) is 34.7 Å². The fourth-order valence-corrected chi connectivity index (χ4v) is 2.47. The van der Waals surface area contributed by atoms with Crippen LogP contribution in [0.4, 0.5) is 5.69 Å². The number of hydrogen-bond donors (Lipinski definition) is 2. The number of hydrogen-bond acceptors (Lipinski definition) is 2. The van der Waals surface area contributed by atoms with Crippen molar-refractivity contribution in [3.05, 3.63) is 65.2 Å². The summed E-state index contributed by atoms with van der Waals surface area (Å²) < 4.78 is 0. The van der Waals surface area contributed by atoms with E-state index in [1.807, 2.05) is 18.2 Å². The zero-order valence-electron chi connectivity index (χ0n) is 13.6. The molecule has 2 N–H and O–H groups in total. The molecule has 0 spiro atoms. The third-order valence-electron chi connectivity index (χ3n) is 3.52. The lowest BCUT2D eigenvalue weighted by Gasteiger charge is -2.22. The van der Waals surface area contributed by atoms with Gasteiger partial charge in [0.15, 0.2) is 0 Å². The minimum Gasteiger partial charge on any atom is -0.481 e. The normalized spacial score (nSPS) is 11.1. The van der Waals surface area contributed by atoms with Crippen LogP contribution in [0.15, 0.2) is 48.5 Å². The standard InChI is InChI=1S/C19H21NO3/c1-19(2,3)16-10-5-4-9-15(16)18(23)20-14-8-6-7-13(11-14)12-17(21)22/h4-11H,12H2,1-3H3,(H,20,23)(H,21,22). The molecule has 0 fully saturated rings. The number of nitrogens with one attached hydrogen (secondary N) is 1. The maximum atomic E-state index is 12.6. The topological polar surface area (TPSA) is 66.4 Å². The van der Waals surface area contributed by atoms with Crippen molar-refractivity contribution in [3.8, 4) is 0 Å². The lowest BCUT2D eigenvalue weighted by molar-refractivity contribution is -0.136. The molecule has 0 aliphatic carbocycles. The summed E-state index contributed by atoms with van der Waals surface area (Å²) >= 11 is 0. The Morgan fingerprint density at radius 2 is 1.74 bits per heavy atom. The summed E-state index contributed by atoms with van der Waals surface area (Å²) in [7, 11) is 0. The van der Waals surface area contributed by atoms with Crippen LogP contribution >= 0.6 is 0 Å². The van der Waals surface area contributed by atoms with Crippen molar-refractivity contribution in [1.29, 1.82) is 0 Å². The van der Waals surface area contributed by atoms with E-state index in [-0.39, 0.29) is 17.7 Å². The number of carboxylic acids is 1. The predicted molar refractivity (Wildman–Crippen MR) is 90.9 cm³/mol. The van der Waals surface area contributed by atoms with E-state index in [0.717, 1.165) is 5.56 Å². The van der Waals surface area contributed by atoms with Crippen LogP contribution in [0.3, 0.4) is 0 Å². The van der Waals surface area contributed by atoms with Gasteiger partial charge in [-0.3, -0.25) is 9.59 Å². The number of carboxylic acid groups (broad SMARTS) is 1. The highest BCUT2D eigenvalue weighted by Gasteiger charge is 2.21. The van der Waals surface area contributed by atoms with Gasteiger partial charge in [-0.1, -0.05) is 51.1 Å². The molecule has 0 saturated heterocycles. The van der Waals surface area contributed by atoms with Crippen molar-refractivity contribution >= 4 is 17.6 Å². The molecule has 23 heavy (non-hydrogen) atoms. The molecule has 0 aliphatic rings. The van der Waals surface area contributed by atoms with Crippen LogP contribution in [-0.2, 0) is 16.6 Å². The van der Waals surface area contributed by atoms with Gasteiger partial charge in [0.1, 0.15) is 0 Å². The van der Waals surface area contributed by atoms with Gasteiger partial charge in [0.25, 0.3) is 5.91 Å². The number of benzene rings is 2. The van der Waals surface area contributed by atoms with E-state index in [9.17, 15) is 9.59 Å². The Kier molecular flexibility index (Phi) is 4.84. The third-order valence-corrected chi connectivity index (χ3v) is 3.52. The Balaban J connectivity index is 2.25. The van der Waals surface area contributed by atoms with Crippen LogP contribution in [0, 0.1) is 0 Å². The van der Waals surface area contributed by atoms with E-state index in [4.69, 9.17) is 5.11 Å². The summed E-state index contributed by atoms with van der Waals surface area (Å²) in [4.78, 5) is 23.4. The lowest BCUT2D eigenvalue weighted by atomic mass is 9.83. The van der Waals surface area contributed by atoms with E-state index in [1.165, 1.54) is 0 Å². The molecule has 0 aromatic heterocycles. The maximum Gasteiger partial charge on any atom is 0.307 e. The van der Waals surface area contributed by atoms with Crippen molar-refractivity contribution in [1.82, 2.24) is 0 Å². The molecule has 0 saturated carbocycles. The fourth-order valence-electron chi connectivity index (χ4n) is 2.47. The van der Waals surface area contributed by atoms with Crippen molar-refractivity contribution in [2.75, 3.05) is 5.32 Å². The monoisotopic (exact) mass is 311 g/mol. The summed E-state index contributed by atoms with van der Waals surface area (Å²) in [5.41, 5.74) is 2.71. The quantitative estimate of drug-likeness (QED) is 0.901. The Bertz CT molecular complexity index is 729. The first-order chi connectivity index (χ1) is 10.8. The maximum absolute atomic E-state index is 12.6. The third kappa shape index (κ3) is 4.42. The zero-order chi connectivity index (χ0) is 17.0. The summed E-state index contributed by atoms with van der Waals surface area (Å²) in [5, 5.41) is 11.7. The van der Waals surface area contributed by atoms with E-state index >= 15 is 0 Å². The van der Waals surface area contributed by atoms with Gasteiger partial charge < -0.3 is 10.4 Å². The van der Waals surface area contributed by atoms with Gasteiger partial charge in [0.05, 0.1) is 6.42 Å². The first kappa shape index (κ1) is 16.7. The summed E-state index contributed by atoms with van der Waals surface area (Å²) in [5.74, 6) is -1.09. The molecule has 2 aromatic rings. The first-order valence-electron chi connectivity index (χ1n) is 7.49. The van der Waals surface area contributed by atoms with Gasteiger partial charge in [-0.15, -0.1) is 0 Å². The van der Waals surface area contributed by atoms with Gasteiger partial charge in [-0.25, -0.2) is 0 Å². The summed E-state index contributed by atoms with van der Waals surface area (Å²) in [6.07, 6.45) is -0.0672. The highest BCUT2D eigenvalue weighted by atomic mass is 16.4. The lowest BCUT2D eigenvalue weighted by Crippen LogP contribution is -2.20. The fraction of sp³-hybridized carbons (Fsp3) is 0.263. The molecule has 0 unspecified atom stereocenters. The smallest absolute Gasteiger partial charge is 0.307 e. The SMILES string of the molecule is CC(C)(C)c1ccccc1C(=O)Nc1cccc(CC(=O)O)c1. The van der Waals surface area contributed by atoms with Crippen LogP contribution in [0.1, 0.15) is 42.3 Å². The van der Waals surface area contributed by atoms with E-state index in [2.05, 4.69) is 26.1 Å². The van der Waals surface area contributed by atoms with Gasteiger partial charge in [0.2, 0.25) is 0 Å². The van der Waals surface area contributed by atoms with E-state index in [0.29, 0.717) is 16.8 Å². The Morgan fingerprint density at radius 1 is 1.04 bits per heavy atom. The van der Waals surface area contributed by atoms with Gasteiger partial charge >= 0.3 is 5.97 Å². The average Bonchev–Trinajstić information content (AvgIpc) is 2.46. The van der Waals surface area contributed by atoms with Crippen LogP contribution in [0.5, 0.6) is 0 Å². The molecule has 2 rings (SSSR count). The first-order valence-corrected chi connectivity index (χ1v) is 7.49. The molecule has 120 valence electrons. The molecule has 4 nitrogen and oxygen atoms in total. The second-order valence-corrected chi connectivity index (χ2v) is 6.52. The number of rotatable bonds is 4. The Labute approximate surface area is 136 Å². The molecule has 0 atom stereocenters. The van der Waals surface area contributed by atoms with Crippen molar-refractivity contribution < 1.29 is 14.7 Å². The molecular formula is C19H21NO3. The van der Waals surface area contributed by atoms with Crippen molar-refractivity contribution in [2.24, 2.45) is 0 Å². The van der Waals surface area contributed by atoms with Gasteiger partial charge in [-0.2, -0.15) is 0 Å². The highest BCUT2D eigenvalue weighted by molar-refractivity contribution is 6.05. The molecule has 0 heterocycles. The van der Waals surface area contributed by atoms with Crippen LogP contribution in [0.25, 0.3) is 0 Å². The molecule has 0 aliphatic heterocycles. The molecule has 0 bridgehead atoms. The molecule has 1 amide bonds. The van der Waals surface area contributed by atoms with Gasteiger partial charge in [0, 0.05) is 11.3 Å². The number of carbonyl (C=O) groups is 2. The minimum absolute atomic E-state index is 0.0672. The second kappa shape index (κ2) is 6.65.